The van der Waals surface area contributed by atoms with Gasteiger partial charge in [0.2, 0.25) is 0 Å². The van der Waals surface area contributed by atoms with Gasteiger partial charge in [0.25, 0.3) is 0 Å². The van der Waals surface area contributed by atoms with Crippen molar-refractivity contribution in [3.05, 3.63) is 53.3 Å². The predicted molar refractivity (Wildman–Crippen MR) is 73.6 cm³/mol. The number of pyridine rings is 1. The highest BCUT2D eigenvalue weighted by Crippen LogP contribution is 2.28. The number of aromatic carboxylic acids is 1. The van der Waals surface area contributed by atoms with Crippen LogP contribution in [0.25, 0.3) is 16.9 Å². The van der Waals surface area contributed by atoms with E-state index >= 15 is 0 Å². The molecule has 4 heteroatoms. The fraction of sp³-hybridized carbons (Fsp3) is 0.133. The maximum Gasteiger partial charge on any atom is 0.337 e. The van der Waals surface area contributed by atoms with Crippen molar-refractivity contribution in [3.63, 3.8) is 0 Å². The highest BCUT2D eigenvalue weighted by atomic mass is 16.4. The van der Waals surface area contributed by atoms with Crippen molar-refractivity contribution in [2.24, 2.45) is 0 Å². The number of nitrogens with zero attached hydrogens (tertiary/aromatic N) is 1. The largest absolute Gasteiger partial charge is 0.478 e. The van der Waals surface area contributed by atoms with E-state index in [4.69, 9.17) is 5.11 Å². The minimum absolute atomic E-state index is 0.320. The third kappa shape index (κ3) is 1.73. The number of aryl methyl sites for hydroxylation is 2. The fourth-order valence-corrected chi connectivity index (χ4v) is 2.51. The Morgan fingerprint density at radius 2 is 2.05 bits per heavy atom. The molecule has 3 heterocycles. The zero-order valence-corrected chi connectivity index (χ0v) is 10.8. The summed E-state index contributed by atoms with van der Waals surface area (Å²) in [6, 6.07) is 9.76. The van der Waals surface area contributed by atoms with Gasteiger partial charge in [0.05, 0.1) is 17.0 Å². The Morgan fingerprint density at radius 3 is 2.74 bits per heavy atom. The van der Waals surface area contributed by atoms with E-state index in [0.29, 0.717) is 11.3 Å². The van der Waals surface area contributed by atoms with Gasteiger partial charge < -0.3 is 14.5 Å². The molecule has 0 atom stereocenters. The van der Waals surface area contributed by atoms with E-state index in [1.807, 2.05) is 31.3 Å². The summed E-state index contributed by atoms with van der Waals surface area (Å²) < 4.78 is 2.06. The standard InChI is InChI=1S/C15H14N2O2/c1-9-7-11-5-3-4-6-17(11)14(9)13-8-12(15(18)19)10(2)16-13/h3-8,16H,1-2H3,(H,18,19). The number of aromatic amines is 1. The Hall–Kier alpha value is -2.49. The molecule has 4 nitrogen and oxygen atoms in total. The van der Waals surface area contributed by atoms with Crippen molar-refractivity contribution >= 4 is 11.5 Å². The maximum absolute atomic E-state index is 11.1. The van der Waals surface area contributed by atoms with Crippen LogP contribution in [0.3, 0.4) is 0 Å². The maximum atomic E-state index is 11.1. The van der Waals surface area contributed by atoms with Crippen LogP contribution in [-0.4, -0.2) is 20.5 Å². The summed E-state index contributed by atoms with van der Waals surface area (Å²) in [5.41, 5.74) is 5.04. The van der Waals surface area contributed by atoms with Gasteiger partial charge >= 0.3 is 5.97 Å². The molecule has 0 aliphatic carbocycles. The number of carboxylic acids is 1. The lowest BCUT2D eigenvalue weighted by Crippen LogP contribution is -1.95. The summed E-state index contributed by atoms with van der Waals surface area (Å²) in [6.45, 7) is 3.80. The average Bonchev–Trinajstić information content (AvgIpc) is 2.88. The second-order valence-electron chi connectivity index (χ2n) is 4.70. The molecule has 2 N–H and O–H groups in total. The number of hydrogen-bond donors (Lipinski definition) is 2. The smallest absolute Gasteiger partial charge is 0.337 e. The molecule has 0 saturated carbocycles. The molecule has 96 valence electrons. The van der Waals surface area contributed by atoms with E-state index in [-0.39, 0.29) is 0 Å². The Labute approximate surface area is 110 Å². The fourth-order valence-electron chi connectivity index (χ4n) is 2.51. The monoisotopic (exact) mass is 254 g/mol. The molecule has 0 fully saturated rings. The Balaban J connectivity index is 2.27. The van der Waals surface area contributed by atoms with Crippen LogP contribution >= 0.6 is 0 Å². The van der Waals surface area contributed by atoms with Gasteiger partial charge in [-0.3, -0.25) is 0 Å². The summed E-state index contributed by atoms with van der Waals surface area (Å²) in [5, 5.41) is 9.13. The van der Waals surface area contributed by atoms with Crippen molar-refractivity contribution in [2.75, 3.05) is 0 Å². The van der Waals surface area contributed by atoms with Gasteiger partial charge in [0.15, 0.2) is 0 Å². The molecular formula is C15H14N2O2. The van der Waals surface area contributed by atoms with Crippen molar-refractivity contribution < 1.29 is 9.90 Å². The molecule has 0 amide bonds. The van der Waals surface area contributed by atoms with Crippen LogP contribution in [-0.2, 0) is 0 Å². The number of nitrogens with one attached hydrogen (secondary N) is 1. The molecule has 0 bridgehead atoms. The van der Waals surface area contributed by atoms with E-state index in [9.17, 15) is 4.79 Å². The van der Waals surface area contributed by atoms with E-state index in [0.717, 1.165) is 22.5 Å². The molecule has 0 saturated heterocycles. The minimum atomic E-state index is -0.904. The first-order valence-corrected chi connectivity index (χ1v) is 6.08. The number of carboxylic acid groups (broad SMARTS) is 1. The molecule has 0 aromatic carbocycles. The lowest BCUT2D eigenvalue weighted by molar-refractivity contribution is 0.0696. The van der Waals surface area contributed by atoms with E-state index < -0.39 is 5.97 Å². The SMILES string of the molecule is Cc1cc2ccccn2c1-c1cc(C(=O)O)c(C)[nH]1. The van der Waals surface area contributed by atoms with Gasteiger partial charge in [-0.2, -0.15) is 0 Å². The van der Waals surface area contributed by atoms with Crippen LogP contribution in [0.1, 0.15) is 21.6 Å². The zero-order valence-electron chi connectivity index (χ0n) is 10.8. The molecule has 0 spiro atoms. The number of aromatic nitrogens is 2. The van der Waals surface area contributed by atoms with Crippen molar-refractivity contribution in [3.8, 4) is 11.4 Å². The molecular weight excluding hydrogens is 240 g/mol. The normalized spacial score (nSPS) is 11.1. The zero-order chi connectivity index (χ0) is 13.6. The second kappa shape index (κ2) is 4.02. The van der Waals surface area contributed by atoms with Gasteiger partial charge in [-0.1, -0.05) is 6.07 Å². The number of rotatable bonds is 2. The first-order valence-electron chi connectivity index (χ1n) is 6.08. The molecule has 0 aliphatic heterocycles. The quantitative estimate of drug-likeness (QED) is 0.737. The van der Waals surface area contributed by atoms with Crippen LogP contribution in [0, 0.1) is 13.8 Å². The third-order valence-corrected chi connectivity index (χ3v) is 3.37. The first kappa shape index (κ1) is 11.6. The van der Waals surface area contributed by atoms with E-state index in [2.05, 4.69) is 15.5 Å². The molecule has 3 aromatic rings. The molecule has 0 radical (unpaired) electrons. The van der Waals surface area contributed by atoms with Crippen molar-refractivity contribution in [2.45, 2.75) is 13.8 Å². The number of hydrogen-bond acceptors (Lipinski definition) is 1. The molecule has 3 rings (SSSR count). The summed E-state index contributed by atoms with van der Waals surface area (Å²) in [5.74, 6) is -0.904. The van der Waals surface area contributed by atoms with Gasteiger partial charge in [0, 0.05) is 17.4 Å². The van der Waals surface area contributed by atoms with Gasteiger partial charge in [-0.15, -0.1) is 0 Å². The predicted octanol–water partition coefficient (Wildman–Crippen LogP) is 3.25. The molecule has 0 aliphatic rings. The van der Waals surface area contributed by atoms with E-state index in [1.54, 1.807) is 13.0 Å². The lowest BCUT2D eigenvalue weighted by atomic mass is 10.2. The summed E-state index contributed by atoms with van der Waals surface area (Å²) in [4.78, 5) is 14.3. The first-order chi connectivity index (χ1) is 9.08. The molecule has 3 aromatic heterocycles. The third-order valence-electron chi connectivity index (χ3n) is 3.37. The summed E-state index contributed by atoms with van der Waals surface area (Å²) >= 11 is 0. The van der Waals surface area contributed by atoms with Crippen molar-refractivity contribution in [1.29, 1.82) is 0 Å². The molecule has 0 unspecified atom stereocenters. The second-order valence-corrected chi connectivity index (χ2v) is 4.70. The van der Waals surface area contributed by atoms with Crippen molar-refractivity contribution in [1.82, 2.24) is 9.38 Å². The number of carbonyl (C=O) groups is 1. The Morgan fingerprint density at radius 1 is 1.26 bits per heavy atom. The topological polar surface area (TPSA) is 57.5 Å². The van der Waals surface area contributed by atoms with Crippen LogP contribution in [0.5, 0.6) is 0 Å². The van der Waals surface area contributed by atoms with E-state index in [1.165, 1.54) is 0 Å². The lowest BCUT2D eigenvalue weighted by Gasteiger charge is -2.01. The van der Waals surface area contributed by atoms with Crippen LogP contribution in [0.15, 0.2) is 36.5 Å². The van der Waals surface area contributed by atoms with Gasteiger partial charge in [0.1, 0.15) is 0 Å². The highest BCUT2D eigenvalue weighted by Gasteiger charge is 2.16. The number of fused-ring (bicyclic) bond motifs is 1. The molecule has 19 heavy (non-hydrogen) atoms. The average molecular weight is 254 g/mol. The van der Waals surface area contributed by atoms with Crippen LogP contribution in [0.4, 0.5) is 0 Å². The minimum Gasteiger partial charge on any atom is -0.478 e. The van der Waals surface area contributed by atoms with Gasteiger partial charge in [-0.05, 0) is 43.7 Å². The highest BCUT2D eigenvalue weighted by molar-refractivity contribution is 5.91. The van der Waals surface area contributed by atoms with Crippen LogP contribution in [0.2, 0.25) is 0 Å². The van der Waals surface area contributed by atoms with Gasteiger partial charge in [-0.25, -0.2) is 4.79 Å². The number of H-pyrrole nitrogens is 1. The summed E-state index contributed by atoms with van der Waals surface area (Å²) in [6.07, 6.45) is 1.98. The van der Waals surface area contributed by atoms with Crippen LogP contribution < -0.4 is 0 Å². The summed E-state index contributed by atoms with van der Waals surface area (Å²) in [7, 11) is 0. The Kier molecular flexibility index (Phi) is 2.45. The Bertz CT molecular complexity index is 781.